The summed E-state index contributed by atoms with van der Waals surface area (Å²) in [5.41, 5.74) is 0. The molecule has 0 saturated heterocycles. The zero-order valence-electron chi connectivity index (χ0n) is 10.4. The van der Waals surface area contributed by atoms with Gasteiger partial charge in [-0.15, -0.1) is 0 Å². The van der Waals surface area contributed by atoms with Crippen molar-refractivity contribution in [3.05, 3.63) is 0 Å². The van der Waals surface area contributed by atoms with Crippen LogP contribution in [0.2, 0.25) is 0 Å². The minimum absolute atomic E-state index is 0.213. The lowest BCUT2D eigenvalue weighted by Crippen LogP contribution is -2.43. The third kappa shape index (κ3) is 6.47. The van der Waals surface area contributed by atoms with Gasteiger partial charge >= 0.3 is 5.97 Å². The Labute approximate surface area is 92.3 Å². The van der Waals surface area contributed by atoms with Gasteiger partial charge in [0.2, 0.25) is 0 Å². The van der Waals surface area contributed by atoms with Crippen molar-refractivity contribution in [1.29, 1.82) is 0 Å². The smallest absolute Gasteiger partial charge is 0.323 e. The number of rotatable bonds is 7. The first kappa shape index (κ1) is 14.4. The first-order valence-electron chi connectivity index (χ1n) is 5.41. The van der Waals surface area contributed by atoms with Crippen LogP contribution in [0, 0.1) is 5.92 Å². The van der Waals surface area contributed by atoms with E-state index in [9.17, 15) is 4.79 Å². The van der Waals surface area contributed by atoms with Crippen LogP contribution in [-0.4, -0.2) is 38.4 Å². The Bertz CT molecular complexity index is 181. The molecule has 0 fully saturated rings. The molecular formula is C11H23NO3. The molecule has 15 heavy (non-hydrogen) atoms. The summed E-state index contributed by atoms with van der Waals surface area (Å²) in [6.07, 6.45) is 0.224. The van der Waals surface area contributed by atoms with E-state index in [0.29, 0.717) is 13.2 Å². The molecule has 0 amide bonds. The maximum atomic E-state index is 11.4. The second-order valence-corrected chi connectivity index (χ2v) is 4.12. The molecule has 0 aliphatic heterocycles. The molecule has 4 heteroatoms. The Balaban J connectivity index is 3.82. The lowest BCUT2D eigenvalue weighted by atomic mass is 10.1. The molecule has 0 aromatic heterocycles. The molecule has 4 nitrogen and oxygen atoms in total. The summed E-state index contributed by atoms with van der Waals surface area (Å²) in [5, 5.41) is 3.13. The Hall–Kier alpha value is -0.610. The first-order chi connectivity index (χ1) is 6.99. The van der Waals surface area contributed by atoms with E-state index in [4.69, 9.17) is 9.47 Å². The van der Waals surface area contributed by atoms with Gasteiger partial charge in [0.15, 0.2) is 0 Å². The maximum absolute atomic E-state index is 11.4. The highest BCUT2D eigenvalue weighted by Gasteiger charge is 2.21. The molecule has 1 unspecified atom stereocenters. The third-order valence-electron chi connectivity index (χ3n) is 2.04. The van der Waals surface area contributed by atoms with Crippen molar-refractivity contribution < 1.29 is 14.3 Å². The molecule has 0 aliphatic carbocycles. The molecule has 0 radical (unpaired) electrons. The number of nitrogens with one attached hydrogen (secondary N) is 1. The molecule has 0 saturated carbocycles. The highest BCUT2D eigenvalue weighted by molar-refractivity contribution is 5.75. The van der Waals surface area contributed by atoms with Gasteiger partial charge in [-0.25, -0.2) is 0 Å². The molecule has 0 spiro atoms. The van der Waals surface area contributed by atoms with Gasteiger partial charge in [-0.1, -0.05) is 13.8 Å². The normalized spacial score (nSPS) is 13.3. The summed E-state index contributed by atoms with van der Waals surface area (Å²) in [7, 11) is 1.41. The molecule has 1 atom stereocenters. The topological polar surface area (TPSA) is 47.6 Å². The van der Waals surface area contributed by atoms with Crippen molar-refractivity contribution in [2.45, 2.75) is 39.8 Å². The van der Waals surface area contributed by atoms with Crippen LogP contribution < -0.4 is 5.32 Å². The largest absolute Gasteiger partial charge is 0.468 e. The van der Waals surface area contributed by atoms with E-state index < -0.39 is 0 Å². The highest BCUT2D eigenvalue weighted by atomic mass is 16.5. The van der Waals surface area contributed by atoms with Crippen LogP contribution >= 0.6 is 0 Å². The number of hydrogen-bond donors (Lipinski definition) is 1. The summed E-state index contributed by atoms with van der Waals surface area (Å²) >= 11 is 0. The molecule has 0 aromatic rings. The number of ether oxygens (including phenoxy) is 2. The Morgan fingerprint density at radius 3 is 2.27 bits per heavy atom. The fourth-order valence-corrected chi connectivity index (χ4v) is 1.23. The maximum Gasteiger partial charge on any atom is 0.323 e. The zero-order valence-corrected chi connectivity index (χ0v) is 10.4. The van der Waals surface area contributed by atoms with Gasteiger partial charge in [-0.3, -0.25) is 4.79 Å². The fraction of sp³-hybridized carbons (Fsp3) is 0.909. The van der Waals surface area contributed by atoms with Crippen molar-refractivity contribution in [1.82, 2.24) is 5.32 Å². The second kappa shape index (κ2) is 7.65. The molecule has 0 bridgehead atoms. The molecule has 0 aromatic carbocycles. The van der Waals surface area contributed by atoms with Crippen LogP contribution in [0.5, 0.6) is 0 Å². The van der Waals surface area contributed by atoms with Crippen LogP contribution in [0.4, 0.5) is 0 Å². The quantitative estimate of drug-likeness (QED) is 0.514. The van der Waals surface area contributed by atoms with Gasteiger partial charge < -0.3 is 14.8 Å². The predicted octanol–water partition coefficient (Wildman–Crippen LogP) is 1.20. The van der Waals surface area contributed by atoms with Crippen LogP contribution in [-0.2, 0) is 14.3 Å². The third-order valence-corrected chi connectivity index (χ3v) is 2.04. The fourth-order valence-electron chi connectivity index (χ4n) is 1.23. The van der Waals surface area contributed by atoms with Crippen LogP contribution in [0.15, 0.2) is 0 Å². The van der Waals surface area contributed by atoms with Crippen molar-refractivity contribution >= 4 is 5.97 Å². The monoisotopic (exact) mass is 217 g/mol. The lowest BCUT2D eigenvalue weighted by Gasteiger charge is -2.20. The van der Waals surface area contributed by atoms with E-state index in [1.165, 1.54) is 7.11 Å². The summed E-state index contributed by atoms with van der Waals surface area (Å²) in [5.74, 6) is 0.00560. The number of hydrogen-bond acceptors (Lipinski definition) is 4. The van der Waals surface area contributed by atoms with Gasteiger partial charge in [0.1, 0.15) is 6.04 Å². The van der Waals surface area contributed by atoms with Gasteiger partial charge in [0.05, 0.1) is 19.8 Å². The Morgan fingerprint density at radius 1 is 1.27 bits per heavy atom. The van der Waals surface area contributed by atoms with E-state index in [-0.39, 0.29) is 24.0 Å². The average Bonchev–Trinajstić information content (AvgIpc) is 2.15. The second-order valence-electron chi connectivity index (χ2n) is 4.12. The van der Waals surface area contributed by atoms with Crippen molar-refractivity contribution in [2.24, 2.45) is 5.92 Å². The van der Waals surface area contributed by atoms with E-state index in [1.807, 2.05) is 27.7 Å². The van der Waals surface area contributed by atoms with Gasteiger partial charge in [0.25, 0.3) is 0 Å². The van der Waals surface area contributed by atoms with Gasteiger partial charge in [-0.05, 0) is 19.8 Å². The first-order valence-corrected chi connectivity index (χ1v) is 5.41. The Kier molecular flexibility index (Phi) is 7.34. The van der Waals surface area contributed by atoms with Crippen molar-refractivity contribution in [3.8, 4) is 0 Å². The molecule has 1 N–H and O–H groups in total. The summed E-state index contributed by atoms with van der Waals surface area (Å²) in [6, 6.07) is -0.245. The van der Waals surface area contributed by atoms with E-state index in [0.717, 1.165) is 0 Å². The summed E-state index contributed by atoms with van der Waals surface area (Å²) in [4.78, 5) is 11.4. The summed E-state index contributed by atoms with van der Waals surface area (Å²) in [6.45, 7) is 9.21. The summed E-state index contributed by atoms with van der Waals surface area (Å²) < 4.78 is 10.1. The minimum atomic E-state index is -0.245. The van der Waals surface area contributed by atoms with Gasteiger partial charge in [0, 0.05) is 6.54 Å². The van der Waals surface area contributed by atoms with Crippen LogP contribution in [0.25, 0.3) is 0 Å². The number of esters is 1. The van der Waals surface area contributed by atoms with Crippen LogP contribution in [0.1, 0.15) is 27.7 Å². The SMILES string of the molecule is COC(=O)C(NCCOC(C)C)C(C)C. The van der Waals surface area contributed by atoms with E-state index in [1.54, 1.807) is 0 Å². The van der Waals surface area contributed by atoms with E-state index >= 15 is 0 Å². The standard InChI is InChI=1S/C11H23NO3/c1-8(2)10(11(13)14-5)12-6-7-15-9(3)4/h8-10,12H,6-7H2,1-5H3. The molecule has 0 heterocycles. The number of carbonyl (C=O) groups is 1. The minimum Gasteiger partial charge on any atom is -0.468 e. The average molecular weight is 217 g/mol. The zero-order chi connectivity index (χ0) is 11.8. The van der Waals surface area contributed by atoms with Crippen molar-refractivity contribution in [2.75, 3.05) is 20.3 Å². The molecular weight excluding hydrogens is 194 g/mol. The Morgan fingerprint density at radius 2 is 1.87 bits per heavy atom. The van der Waals surface area contributed by atoms with E-state index in [2.05, 4.69) is 5.32 Å². The molecule has 0 aliphatic rings. The predicted molar refractivity (Wildman–Crippen MR) is 59.7 cm³/mol. The highest BCUT2D eigenvalue weighted by Crippen LogP contribution is 2.03. The number of methoxy groups -OCH3 is 1. The van der Waals surface area contributed by atoms with Crippen molar-refractivity contribution in [3.63, 3.8) is 0 Å². The molecule has 90 valence electrons. The lowest BCUT2D eigenvalue weighted by molar-refractivity contribution is -0.144. The number of carbonyl (C=O) groups excluding carboxylic acids is 1. The van der Waals surface area contributed by atoms with Gasteiger partial charge in [-0.2, -0.15) is 0 Å². The van der Waals surface area contributed by atoms with Crippen LogP contribution in [0.3, 0.4) is 0 Å². The molecule has 0 rings (SSSR count).